The number of carbonyl (C=O) groups excluding carboxylic acids is 2. The molecule has 1 atom stereocenters. The highest BCUT2D eigenvalue weighted by Crippen LogP contribution is 2.22. The van der Waals surface area contributed by atoms with Crippen molar-refractivity contribution in [3.05, 3.63) is 0 Å². The SMILES string of the molecule is CCCC(CCC)C(=O)OCOPOCOC(=O)C(O)(CCC)CCC. The standard InChI is InChI=1S/C18H35O7P/c1-5-9-15(10-6-2)16(19)22-13-24-26-25-14-23-17(20)18(21,11-7-3)12-8-4/h15,21,26H,5-14H2,1-4H3. The molecule has 26 heavy (non-hydrogen) atoms. The van der Waals surface area contributed by atoms with E-state index in [-0.39, 0.29) is 25.5 Å². The molecule has 0 amide bonds. The first-order valence-corrected chi connectivity index (χ1v) is 10.3. The van der Waals surface area contributed by atoms with E-state index in [9.17, 15) is 14.7 Å². The van der Waals surface area contributed by atoms with Crippen LogP contribution in [-0.2, 0) is 28.1 Å². The van der Waals surface area contributed by atoms with E-state index < -0.39 is 20.6 Å². The molecule has 1 N–H and O–H groups in total. The lowest BCUT2D eigenvalue weighted by Gasteiger charge is -2.24. The fourth-order valence-electron chi connectivity index (χ4n) is 2.75. The van der Waals surface area contributed by atoms with Gasteiger partial charge in [0.15, 0.2) is 28.2 Å². The Labute approximate surface area is 159 Å². The van der Waals surface area contributed by atoms with E-state index in [4.69, 9.17) is 18.5 Å². The molecule has 0 aliphatic carbocycles. The molecule has 0 rings (SSSR count). The molecule has 0 aliphatic heterocycles. The molecule has 0 radical (unpaired) electrons. The highest BCUT2D eigenvalue weighted by molar-refractivity contribution is 7.26. The van der Waals surface area contributed by atoms with E-state index in [0.717, 1.165) is 25.7 Å². The minimum Gasteiger partial charge on any atom is -0.438 e. The van der Waals surface area contributed by atoms with E-state index in [1.54, 1.807) is 0 Å². The number of rotatable bonds is 16. The van der Waals surface area contributed by atoms with Crippen molar-refractivity contribution in [2.24, 2.45) is 5.92 Å². The summed E-state index contributed by atoms with van der Waals surface area (Å²) >= 11 is 0. The van der Waals surface area contributed by atoms with Crippen LogP contribution in [0.3, 0.4) is 0 Å². The molecule has 0 aromatic heterocycles. The summed E-state index contributed by atoms with van der Waals surface area (Å²) in [6, 6.07) is 0. The predicted molar refractivity (Wildman–Crippen MR) is 100 cm³/mol. The Morgan fingerprint density at radius 1 is 0.885 bits per heavy atom. The lowest BCUT2D eigenvalue weighted by molar-refractivity contribution is -0.173. The maximum absolute atomic E-state index is 12.0. The van der Waals surface area contributed by atoms with Gasteiger partial charge in [0.25, 0.3) is 0 Å². The molecular formula is C18H35O7P. The van der Waals surface area contributed by atoms with Gasteiger partial charge in [-0.1, -0.05) is 53.4 Å². The fourth-order valence-corrected chi connectivity index (χ4v) is 3.04. The maximum atomic E-state index is 12.0. The van der Waals surface area contributed by atoms with Gasteiger partial charge >= 0.3 is 11.9 Å². The highest BCUT2D eigenvalue weighted by atomic mass is 31.1. The summed E-state index contributed by atoms with van der Waals surface area (Å²) < 4.78 is 20.2. The van der Waals surface area contributed by atoms with Crippen molar-refractivity contribution in [2.75, 3.05) is 13.6 Å². The second-order valence-corrected chi connectivity index (χ2v) is 7.05. The Kier molecular flexibility index (Phi) is 14.9. The van der Waals surface area contributed by atoms with Crippen LogP contribution in [0, 0.1) is 5.92 Å². The van der Waals surface area contributed by atoms with Gasteiger partial charge in [0.05, 0.1) is 5.92 Å². The molecule has 0 saturated heterocycles. The monoisotopic (exact) mass is 394 g/mol. The fraction of sp³-hybridized carbons (Fsp3) is 0.889. The van der Waals surface area contributed by atoms with Crippen LogP contribution in [0.25, 0.3) is 0 Å². The molecule has 0 saturated carbocycles. The zero-order chi connectivity index (χ0) is 19.8. The third-order valence-corrected chi connectivity index (χ3v) is 4.41. The van der Waals surface area contributed by atoms with Crippen molar-refractivity contribution in [1.29, 1.82) is 0 Å². The van der Waals surface area contributed by atoms with Crippen LogP contribution in [-0.4, -0.2) is 36.2 Å². The largest absolute Gasteiger partial charge is 0.438 e. The van der Waals surface area contributed by atoms with E-state index >= 15 is 0 Å². The van der Waals surface area contributed by atoms with Crippen molar-refractivity contribution >= 4 is 21.0 Å². The molecule has 0 aromatic carbocycles. The van der Waals surface area contributed by atoms with Crippen molar-refractivity contribution in [3.63, 3.8) is 0 Å². The van der Waals surface area contributed by atoms with E-state index in [1.165, 1.54) is 0 Å². The van der Waals surface area contributed by atoms with Gasteiger partial charge in [-0.15, -0.1) is 0 Å². The Morgan fingerprint density at radius 3 is 1.85 bits per heavy atom. The number of hydrogen-bond acceptors (Lipinski definition) is 7. The van der Waals surface area contributed by atoms with Gasteiger partial charge in [-0.05, 0) is 25.7 Å². The van der Waals surface area contributed by atoms with E-state index in [0.29, 0.717) is 25.7 Å². The third kappa shape index (κ3) is 10.4. The van der Waals surface area contributed by atoms with Crippen LogP contribution in [0.2, 0.25) is 0 Å². The summed E-state index contributed by atoms with van der Waals surface area (Å²) in [5.41, 5.74) is -1.46. The number of ether oxygens (including phenoxy) is 2. The van der Waals surface area contributed by atoms with E-state index in [1.807, 2.05) is 27.7 Å². The molecule has 0 spiro atoms. The average molecular weight is 394 g/mol. The average Bonchev–Trinajstić information content (AvgIpc) is 2.60. The van der Waals surface area contributed by atoms with Gasteiger partial charge in [0, 0.05) is 0 Å². The quantitative estimate of drug-likeness (QED) is 0.183. The van der Waals surface area contributed by atoms with Crippen LogP contribution >= 0.6 is 9.03 Å². The molecule has 0 aromatic rings. The van der Waals surface area contributed by atoms with Gasteiger partial charge in [0.2, 0.25) is 0 Å². The zero-order valence-electron chi connectivity index (χ0n) is 16.5. The minimum atomic E-state index is -1.46. The first-order chi connectivity index (χ1) is 12.4. The van der Waals surface area contributed by atoms with Gasteiger partial charge in [-0.25, -0.2) is 4.79 Å². The summed E-state index contributed by atoms with van der Waals surface area (Å²) in [5, 5.41) is 10.3. The molecule has 7 nitrogen and oxygen atoms in total. The van der Waals surface area contributed by atoms with Crippen molar-refractivity contribution in [3.8, 4) is 0 Å². The second kappa shape index (κ2) is 15.3. The van der Waals surface area contributed by atoms with Crippen molar-refractivity contribution < 1.29 is 33.2 Å². The summed E-state index contributed by atoms with van der Waals surface area (Å²) in [5.74, 6) is -1.03. The van der Waals surface area contributed by atoms with Crippen LogP contribution in [0.5, 0.6) is 0 Å². The summed E-state index contributed by atoms with van der Waals surface area (Å²) in [4.78, 5) is 23.9. The van der Waals surface area contributed by atoms with Crippen molar-refractivity contribution in [1.82, 2.24) is 0 Å². The van der Waals surface area contributed by atoms with Gasteiger partial charge in [-0.2, -0.15) is 0 Å². The Hall–Kier alpha value is -0.750. The third-order valence-electron chi connectivity index (χ3n) is 3.94. The van der Waals surface area contributed by atoms with Gasteiger partial charge < -0.3 is 14.6 Å². The Bertz CT molecular complexity index is 378. The first-order valence-electron chi connectivity index (χ1n) is 9.49. The lowest BCUT2D eigenvalue weighted by atomic mass is 9.93. The first kappa shape index (κ1) is 25.2. The topological polar surface area (TPSA) is 91.3 Å². The molecule has 154 valence electrons. The molecular weight excluding hydrogens is 359 g/mol. The van der Waals surface area contributed by atoms with Crippen molar-refractivity contribution in [2.45, 2.75) is 84.7 Å². The van der Waals surface area contributed by atoms with Crippen LogP contribution < -0.4 is 0 Å². The Morgan fingerprint density at radius 2 is 1.38 bits per heavy atom. The van der Waals surface area contributed by atoms with Gasteiger partial charge in [-0.3, -0.25) is 13.8 Å². The predicted octanol–water partition coefficient (Wildman–Crippen LogP) is 4.08. The smallest absolute Gasteiger partial charge is 0.340 e. The second-order valence-electron chi connectivity index (χ2n) is 6.31. The number of aliphatic hydroxyl groups is 1. The summed E-state index contributed by atoms with van der Waals surface area (Å²) in [6.45, 7) is 7.36. The molecule has 0 heterocycles. The minimum absolute atomic E-state index is 0.0892. The lowest BCUT2D eigenvalue weighted by Crippen LogP contribution is -2.40. The maximum Gasteiger partial charge on any atom is 0.340 e. The van der Waals surface area contributed by atoms with E-state index in [2.05, 4.69) is 0 Å². The molecule has 0 bridgehead atoms. The highest BCUT2D eigenvalue weighted by Gasteiger charge is 2.35. The van der Waals surface area contributed by atoms with Crippen LogP contribution in [0.4, 0.5) is 0 Å². The normalized spacial score (nSPS) is 12.1. The Balaban J connectivity index is 3.92. The summed E-state index contributed by atoms with van der Waals surface area (Å²) in [7, 11) is -0.424. The van der Waals surface area contributed by atoms with Crippen LogP contribution in [0.15, 0.2) is 0 Å². The van der Waals surface area contributed by atoms with Crippen LogP contribution in [0.1, 0.15) is 79.1 Å². The molecule has 1 unspecified atom stereocenters. The van der Waals surface area contributed by atoms with Gasteiger partial charge in [0.1, 0.15) is 0 Å². The molecule has 8 heteroatoms. The number of esters is 2. The zero-order valence-corrected chi connectivity index (χ0v) is 17.5. The number of carbonyl (C=O) groups is 2. The number of hydrogen-bond donors (Lipinski definition) is 1. The molecule has 0 aliphatic rings. The summed E-state index contributed by atoms with van der Waals surface area (Å²) in [6.07, 6.45) is 5.54. The molecule has 0 fully saturated rings.